The summed E-state index contributed by atoms with van der Waals surface area (Å²) in [4.78, 5) is 19.7. The fraction of sp³-hybridized carbons (Fsp3) is 0.529. The van der Waals surface area contributed by atoms with Gasteiger partial charge in [0.05, 0.1) is 24.3 Å². The second-order valence-electron chi connectivity index (χ2n) is 6.87. The Labute approximate surface area is 129 Å². The maximum Gasteiger partial charge on any atom is 0.275 e. The van der Waals surface area contributed by atoms with Gasteiger partial charge in [-0.15, -0.1) is 0 Å². The van der Waals surface area contributed by atoms with E-state index in [0.29, 0.717) is 31.4 Å². The van der Waals surface area contributed by atoms with E-state index >= 15 is 0 Å². The van der Waals surface area contributed by atoms with Gasteiger partial charge < -0.3 is 14.0 Å². The van der Waals surface area contributed by atoms with Gasteiger partial charge in [-0.1, -0.05) is 6.07 Å². The fourth-order valence-electron chi connectivity index (χ4n) is 3.21. The lowest BCUT2D eigenvalue weighted by atomic mass is 10.0. The molecule has 5 nitrogen and oxygen atoms in total. The van der Waals surface area contributed by atoms with E-state index in [4.69, 9.17) is 9.72 Å². The van der Waals surface area contributed by atoms with Crippen LogP contribution in [0.4, 0.5) is 0 Å². The summed E-state index contributed by atoms with van der Waals surface area (Å²) in [6.07, 6.45) is 4.35. The van der Waals surface area contributed by atoms with Gasteiger partial charge in [0.25, 0.3) is 5.91 Å². The highest BCUT2D eigenvalue weighted by Crippen LogP contribution is 2.40. The minimum atomic E-state index is -0.292. The Balaban J connectivity index is 1.78. The molecule has 0 unspecified atom stereocenters. The minimum absolute atomic E-state index is 0.0175. The first kappa shape index (κ1) is 13.8. The van der Waals surface area contributed by atoms with E-state index in [-0.39, 0.29) is 11.4 Å². The van der Waals surface area contributed by atoms with Crippen molar-refractivity contribution >= 4 is 11.4 Å². The van der Waals surface area contributed by atoms with E-state index in [2.05, 4.69) is 4.40 Å². The van der Waals surface area contributed by atoms with Crippen molar-refractivity contribution in [2.24, 2.45) is 0 Å². The van der Waals surface area contributed by atoms with Crippen molar-refractivity contribution in [3.63, 3.8) is 0 Å². The monoisotopic (exact) mass is 299 g/mol. The molecule has 2 aromatic heterocycles. The number of hydrogen-bond donors (Lipinski definition) is 0. The highest BCUT2D eigenvalue weighted by Gasteiger charge is 2.37. The molecule has 1 saturated carbocycles. The van der Waals surface area contributed by atoms with E-state index < -0.39 is 0 Å². The van der Waals surface area contributed by atoms with Crippen LogP contribution in [0.15, 0.2) is 24.4 Å². The number of carbonyl (C=O) groups is 1. The van der Waals surface area contributed by atoms with Crippen LogP contribution in [0, 0.1) is 0 Å². The molecular formula is C17H21N3O2. The zero-order valence-electron chi connectivity index (χ0n) is 13.1. The number of rotatable bonds is 2. The molecule has 0 aromatic carbocycles. The predicted octanol–water partition coefficient (Wildman–Crippen LogP) is 2.46. The second kappa shape index (κ2) is 4.81. The van der Waals surface area contributed by atoms with Crippen LogP contribution in [0.1, 0.15) is 48.9 Å². The van der Waals surface area contributed by atoms with Crippen LogP contribution in [0.3, 0.4) is 0 Å². The molecule has 2 fully saturated rings. The first-order chi connectivity index (χ1) is 10.6. The van der Waals surface area contributed by atoms with Gasteiger partial charge in [0.15, 0.2) is 5.69 Å². The summed E-state index contributed by atoms with van der Waals surface area (Å²) >= 11 is 0. The van der Waals surface area contributed by atoms with Crippen molar-refractivity contribution in [1.29, 1.82) is 0 Å². The van der Waals surface area contributed by atoms with Gasteiger partial charge in [0.2, 0.25) is 0 Å². The summed E-state index contributed by atoms with van der Waals surface area (Å²) in [5.74, 6) is 1.56. The molecule has 2 aliphatic rings. The first-order valence-electron chi connectivity index (χ1n) is 7.94. The second-order valence-corrected chi connectivity index (χ2v) is 6.87. The molecule has 3 heterocycles. The number of nitrogens with zero attached hydrogens (tertiary/aromatic N) is 3. The Bertz CT molecular complexity index is 731. The summed E-state index contributed by atoms with van der Waals surface area (Å²) in [5.41, 5.74) is 1.20. The SMILES string of the molecule is CC1(C)COCCN1C(=O)c1nc(C2CC2)n2ccccc12. The average molecular weight is 299 g/mol. The van der Waals surface area contributed by atoms with Gasteiger partial charge in [-0.3, -0.25) is 4.79 Å². The van der Waals surface area contributed by atoms with Gasteiger partial charge in [0.1, 0.15) is 5.82 Å². The first-order valence-corrected chi connectivity index (χ1v) is 7.94. The lowest BCUT2D eigenvalue weighted by Gasteiger charge is -2.41. The molecule has 1 aliphatic heterocycles. The number of aromatic nitrogens is 2. The number of amides is 1. The van der Waals surface area contributed by atoms with Crippen molar-refractivity contribution in [2.75, 3.05) is 19.8 Å². The fourth-order valence-corrected chi connectivity index (χ4v) is 3.21. The van der Waals surface area contributed by atoms with Gasteiger partial charge in [-0.25, -0.2) is 4.98 Å². The maximum atomic E-state index is 13.1. The van der Waals surface area contributed by atoms with E-state index in [0.717, 1.165) is 11.3 Å². The van der Waals surface area contributed by atoms with Crippen molar-refractivity contribution < 1.29 is 9.53 Å². The van der Waals surface area contributed by atoms with Crippen LogP contribution in [-0.2, 0) is 4.74 Å². The van der Waals surface area contributed by atoms with E-state index in [9.17, 15) is 4.79 Å². The van der Waals surface area contributed by atoms with Gasteiger partial charge >= 0.3 is 0 Å². The van der Waals surface area contributed by atoms with Gasteiger partial charge in [-0.05, 0) is 38.8 Å². The number of hydrogen-bond acceptors (Lipinski definition) is 3. The lowest BCUT2D eigenvalue weighted by molar-refractivity contribution is -0.0372. The summed E-state index contributed by atoms with van der Waals surface area (Å²) in [6.45, 7) is 5.88. The molecule has 1 aliphatic carbocycles. The summed E-state index contributed by atoms with van der Waals surface area (Å²) < 4.78 is 7.60. The highest BCUT2D eigenvalue weighted by atomic mass is 16.5. The highest BCUT2D eigenvalue weighted by molar-refractivity contribution is 5.99. The Morgan fingerprint density at radius 2 is 2.18 bits per heavy atom. The van der Waals surface area contributed by atoms with Crippen LogP contribution >= 0.6 is 0 Å². The number of carbonyl (C=O) groups excluding carboxylic acids is 1. The van der Waals surface area contributed by atoms with Gasteiger partial charge in [0, 0.05) is 18.7 Å². The van der Waals surface area contributed by atoms with Crippen LogP contribution < -0.4 is 0 Å². The Kier molecular flexibility index (Phi) is 3.01. The smallest absolute Gasteiger partial charge is 0.275 e. The Morgan fingerprint density at radius 1 is 1.36 bits per heavy atom. The molecule has 1 saturated heterocycles. The maximum absolute atomic E-state index is 13.1. The van der Waals surface area contributed by atoms with E-state index in [1.807, 2.05) is 43.1 Å². The van der Waals surface area contributed by atoms with Crippen molar-refractivity contribution in [3.05, 3.63) is 35.9 Å². The summed E-state index contributed by atoms with van der Waals surface area (Å²) in [6, 6.07) is 5.95. The Hall–Kier alpha value is -1.88. The molecule has 0 bridgehead atoms. The zero-order valence-corrected chi connectivity index (χ0v) is 13.1. The number of ether oxygens (including phenoxy) is 1. The molecule has 0 atom stereocenters. The van der Waals surface area contributed by atoms with Crippen LogP contribution in [0.2, 0.25) is 0 Å². The third kappa shape index (κ3) is 2.11. The van der Waals surface area contributed by atoms with Crippen LogP contribution in [-0.4, -0.2) is 45.5 Å². The molecule has 5 heteroatoms. The largest absolute Gasteiger partial charge is 0.377 e. The molecule has 1 amide bonds. The Morgan fingerprint density at radius 3 is 2.91 bits per heavy atom. The van der Waals surface area contributed by atoms with Crippen molar-refractivity contribution in [2.45, 2.75) is 38.1 Å². The standard InChI is InChI=1S/C17H21N3O2/c1-17(2)11-22-10-9-20(17)16(21)14-13-5-3-4-8-19(13)15(18-14)12-6-7-12/h3-5,8,12H,6-7,9-11H2,1-2H3. The molecular weight excluding hydrogens is 278 g/mol. The number of imidazole rings is 1. The third-order valence-corrected chi connectivity index (χ3v) is 4.61. The summed E-state index contributed by atoms with van der Waals surface area (Å²) in [7, 11) is 0. The van der Waals surface area contributed by atoms with Crippen molar-refractivity contribution in [1.82, 2.24) is 14.3 Å². The molecule has 22 heavy (non-hydrogen) atoms. The normalized spacial score (nSPS) is 21.3. The number of fused-ring (bicyclic) bond motifs is 1. The lowest BCUT2D eigenvalue weighted by Crippen LogP contribution is -2.55. The third-order valence-electron chi connectivity index (χ3n) is 4.61. The van der Waals surface area contributed by atoms with Crippen molar-refractivity contribution in [3.8, 4) is 0 Å². The molecule has 4 rings (SSSR count). The number of morpholine rings is 1. The number of pyridine rings is 1. The summed E-state index contributed by atoms with van der Waals surface area (Å²) in [5, 5.41) is 0. The van der Waals surface area contributed by atoms with E-state index in [1.165, 1.54) is 12.8 Å². The van der Waals surface area contributed by atoms with Crippen LogP contribution in [0.5, 0.6) is 0 Å². The van der Waals surface area contributed by atoms with E-state index in [1.54, 1.807) is 0 Å². The molecule has 2 aromatic rings. The predicted molar refractivity (Wildman–Crippen MR) is 83.1 cm³/mol. The molecule has 116 valence electrons. The quantitative estimate of drug-likeness (QED) is 0.856. The van der Waals surface area contributed by atoms with Crippen LogP contribution in [0.25, 0.3) is 5.52 Å². The minimum Gasteiger partial charge on any atom is -0.377 e. The molecule has 0 radical (unpaired) electrons. The molecule has 0 spiro atoms. The average Bonchev–Trinajstić information content (AvgIpc) is 3.27. The topological polar surface area (TPSA) is 46.8 Å². The molecule has 0 N–H and O–H groups in total. The van der Waals surface area contributed by atoms with Gasteiger partial charge in [-0.2, -0.15) is 0 Å². The zero-order chi connectivity index (χ0) is 15.3.